The summed E-state index contributed by atoms with van der Waals surface area (Å²) in [4.78, 5) is 24.3. The Hall–Kier alpha value is -1.55. The van der Waals surface area contributed by atoms with Gasteiger partial charge in [0.2, 0.25) is 5.91 Å². The van der Waals surface area contributed by atoms with Gasteiger partial charge in [-0.15, -0.1) is 0 Å². The molecule has 0 spiro atoms. The molecule has 1 aromatic carbocycles. The van der Waals surface area contributed by atoms with E-state index in [9.17, 15) is 9.59 Å². The zero-order valence-corrected chi connectivity index (χ0v) is 13.1. The van der Waals surface area contributed by atoms with Crippen LogP contribution in [0.1, 0.15) is 50.9 Å². The summed E-state index contributed by atoms with van der Waals surface area (Å²) in [5.41, 5.74) is 2.66. The molecule has 0 aliphatic carbocycles. The molecule has 0 saturated carbocycles. The van der Waals surface area contributed by atoms with Crippen molar-refractivity contribution in [2.24, 2.45) is 0 Å². The minimum Gasteiger partial charge on any atom is -0.273 e. The largest absolute Gasteiger partial charge is 0.273 e. The summed E-state index contributed by atoms with van der Waals surface area (Å²) in [5, 5.41) is 1.94. The second-order valence-corrected chi connectivity index (χ2v) is 6.04. The van der Waals surface area contributed by atoms with Crippen LogP contribution in [0.15, 0.2) is 24.3 Å². The van der Waals surface area contributed by atoms with Crippen molar-refractivity contribution in [1.82, 2.24) is 10.4 Å². The van der Waals surface area contributed by atoms with E-state index in [2.05, 4.69) is 5.43 Å². The van der Waals surface area contributed by atoms with E-state index in [0.717, 1.165) is 6.42 Å². The number of rotatable bonds is 3. The van der Waals surface area contributed by atoms with Crippen LogP contribution in [0.3, 0.4) is 0 Å². The van der Waals surface area contributed by atoms with Gasteiger partial charge in [0.25, 0.3) is 5.91 Å². The van der Waals surface area contributed by atoms with Crippen molar-refractivity contribution in [3.63, 3.8) is 0 Å². The Morgan fingerprint density at radius 1 is 1.20 bits per heavy atom. The van der Waals surface area contributed by atoms with Gasteiger partial charge in [-0.1, -0.05) is 18.5 Å². The Morgan fingerprint density at radius 2 is 1.75 bits per heavy atom. The molecular formula is C15H21ClN2O2. The van der Waals surface area contributed by atoms with Crippen molar-refractivity contribution in [1.29, 1.82) is 0 Å². The van der Waals surface area contributed by atoms with E-state index in [0.29, 0.717) is 17.0 Å². The van der Waals surface area contributed by atoms with Crippen LogP contribution in [0.2, 0.25) is 5.02 Å². The number of benzene rings is 1. The predicted octanol–water partition coefficient (Wildman–Crippen LogP) is 3.41. The lowest BCUT2D eigenvalue weighted by molar-refractivity contribution is -0.126. The first-order valence-electron chi connectivity index (χ1n) is 6.65. The van der Waals surface area contributed by atoms with Gasteiger partial charge < -0.3 is 0 Å². The van der Waals surface area contributed by atoms with E-state index in [4.69, 9.17) is 11.6 Å². The molecule has 20 heavy (non-hydrogen) atoms. The molecule has 0 radical (unpaired) electrons. The molecular weight excluding hydrogens is 276 g/mol. The summed E-state index contributed by atoms with van der Waals surface area (Å²) in [7, 11) is 0. The van der Waals surface area contributed by atoms with E-state index < -0.39 is 5.54 Å². The highest BCUT2D eigenvalue weighted by atomic mass is 35.5. The third kappa shape index (κ3) is 4.53. The second-order valence-electron chi connectivity index (χ2n) is 5.60. The van der Waals surface area contributed by atoms with Gasteiger partial charge in [-0.2, -0.15) is 0 Å². The van der Waals surface area contributed by atoms with E-state index in [1.54, 1.807) is 24.3 Å². The fourth-order valence-electron chi connectivity index (χ4n) is 1.65. The van der Waals surface area contributed by atoms with Crippen LogP contribution in [0.4, 0.5) is 0 Å². The summed E-state index contributed by atoms with van der Waals surface area (Å²) < 4.78 is 0. The van der Waals surface area contributed by atoms with Crippen molar-refractivity contribution in [2.45, 2.75) is 46.1 Å². The molecule has 1 aromatic rings. The topological polar surface area (TPSA) is 49.4 Å². The van der Waals surface area contributed by atoms with Crippen LogP contribution in [0.25, 0.3) is 0 Å². The Balaban J connectivity index is 2.96. The monoisotopic (exact) mass is 296 g/mol. The van der Waals surface area contributed by atoms with Gasteiger partial charge in [-0.05, 0) is 51.5 Å². The molecule has 110 valence electrons. The summed E-state index contributed by atoms with van der Waals surface area (Å²) >= 11 is 5.82. The van der Waals surface area contributed by atoms with Gasteiger partial charge in [-0.3, -0.25) is 15.0 Å². The van der Waals surface area contributed by atoms with Crippen LogP contribution < -0.4 is 5.43 Å². The molecule has 4 nitrogen and oxygen atoms in total. The Labute approximate surface area is 125 Å². The van der Waals surface area contributed by atoms with Crippen molar-refractivity contribution in [2.75, 3.05) is 0 Å². The number of nitrogens with one attached hydrogen (secondary N) is 1. The maximum atomic E-state index is 12.5. The molecule has 0 bridgehead atoms. The molecule has 0 heterocycles. The predicted molar refractivity (Wildman–Crippen MR) is 80.4 cm³/mol. The Morgan fingerprint density at radius 3 is 2.20 bits per heavy atom. The van der Waals surface area contributed by atoms with Crippen LogP contribution in [-0.4, -0.2) is 22.4 Å². The molecule has 2 amide bonds. The quantitative estimate of drug-likeness (QED) is 0.869. The minimum atomic E-state index is -0.514. The SMILES string of the molecule is CCCC(=O)NN(C(=O)c1ccc(Cl)cc1)C(C)(C)C. The highest BCUT2D eigenvalue weighted by molar-refractivity contribution is 6.30. The lowest BCUT2D eigenvalue weighted by atomic mass is 10.1. The first-order valence-corrected chi connectivity index (χ1v) is 7.03. The molecule has 0 unspecified atom stereocenters. The van der Waals surface area contributed by atoms with Gasteiger partial charge in [0.1, 0.15) is 0 Å². The van der Waals surface area contributed by atoms with Gasteiger partial charge in [0.15, 0.2) is 0 Å². The fourth-order valence-corrected chi connectivity index (χ4v) is 1.78. The average Bonchev–Trinajstić information content (AvgIpc) is 2.35. The third-order valence-corrected chi connectivity index (χ3v) is 2.93. The zero-order chi connectivity index (χ0) is 15.3. The molecule has 0 aromatic heterocycles. The number of hydrogen-bond donors (Lipinski definition) is 1. The molecule has 0 atom stereocenters. The lowest BCUT2D eigenvalue weighted by Crippen LogP contribution is -2.55. The maximum absolute atomic E-state index is 12.5. The lowest BCUT2D eigenvalue weighted by Gasteiger charge is -2.35. The second kappa shape index (κ2) is 6.75. The van der Waals surface area contributed by atoms with E-state index in [1.807, 2.05) is 27.7 Å². The molecule has 0 saturated heterocycles. The third-order valence-electron chi connectivity index (χ3n) is 2.68. The first kappa shape index (κ1) is 16.5. The van der Waals surface area contributed by atoms with Gasteiger partial charge in [-0.25, -0.2) is 5.01 Å². The number of hydrogen-bond acceptors (Lipinski definition) is 2. The molecule has 1 N–H and O–H groups in total. The summed E-state index contributed by atoms with van der Waals surface area (Å²) in [6, 6.07) is 6.61. The molecule has 5 heteroatoms. The van der Waals surface area contributed by atoms with Crippen molar-refractivity contribution in [3.8, 4) is 0 Å². The number of carbonyl (C=O) groups excluding carboxylic acids is 2. The zero-order valence-electron chi connectivity index (χ0n) is 12.4. The van der Waals surface area contributed by atoms with Crippen LogP contribution >= 0.6 is 11.6 Å². The number of carbonyl (C=O) groups is 2. The molecule has 0 aliphatic rings. The summed E-state index contributed by atoms with van der Waals surface area (Å²) in [6.07, 6.45) is 1.12. The summed E-state index contributed by atoms with van der Waals surface area (Å²) in [5.74, 6) is -0.414. The molecule has 1 rings (SSSR count). The van der Waals surface area contributed by atoms with Crippen LogP contribution in [-0.2, 0) is 4.79 Å². The van der Waals surface area contributed by atoms with E-state index in [-0.39, 0.29) is 11.8 Å². The van der Waals surface area contributed by atoms with Crippen molar-refractivity contribution >= 4 is 23.4 Å². The highest BCUT2D eigenvalue weighted by Gasteiger charge is 2.28. The first-order chi connectivity index (χ1) is 9.25. The van der Waals surface area contributed by atoms with Crippen LogP contribution in [0.5, 0.6) is 0 Å². The Bertz CT molecular complexity index is 478. The van der Waals surface area contributed by atoms with E-state index in [1.165, 1.54) is 5.01 Å². The molecule has 0 aliphatic heterocycles. The number of amides is 2. The van der Waals surface area contributed by atoms with E-state index >= 15 is 0 Å². The van der Waals surface area contributed by atoms with Gasteiger partial charge in [0.05, 0.1) is 5.54 Å². The number of nitrogens with zero attached hydrogens (tertiary/aromatic N) is 1. The Kier molecular flexibility index (Phi) is 5.57. The van der Waals surface area contributed by atoms with Gasteiger partial charge >= 0.3 is 0 Å². The van der Waals surface area contributed by atoms with Crippen molar-refractivity contribution < 1.29 is 9.59 Å². The van der Waals surface area contributed by atoms with Crippen LogP contribution in [0, 0.1) is 0 Å². The number of hydrazine groups is 1. The smallest absolute Gasteiger partial charge is 0.272 e. The average molecular weight is 297 g/mol. The standard InChI is InChI=1S/C15H21ClN2O2/c1-5-6-13(19)17-18(15(2,3)4)14(20)11-7-9-12(16)10-8-11/h7-10H,5-6H2,1-4H3,(H,17,19). The maximum Gasteiger partial charge on any atom is 0.272 e. The molecule has 0 fully saturated rings. The normalized spacial score (nSPS) is 11.1. The minimum absolute atomic E-state index is 0.162. The highest BCUT2D eigenvalue weighted by Crippen LogP contribution is 2.17. The van der Waals surface area contributed by atoms with Crippen molar-refractivity contribution in [3.05, 3.63) is 34.9 Å². The fraction of sp³-hybridized carbons (Fsp3) is 0.467. The van der Waals surface area contributed by atoms with Gasteiger partial charge in [0, 0.05) is 17.0 Å². The number of halogens is 1. The summed E-state index contributed by atoms with van der Waals surface area (Å²) in [6.45, 7) is 7.52.